The lowest BCUT2D eigenvalue weighted by atomic mass is 9.97. The number of alkyl halides is 3. The van der Waals surface area contributed by atoms with Crippen molar-refractivity contribution in [3.05, 3.63) is 60.2 Å². The molecule has 0 fully saturated rings. The van der Waals surface area contributed by atoms with E-state index in [0.717, 1.165) is 21.5 Å². The number of rotatable bonds is 3. The number of fused-ring (bicyclic) bond motifs is 3. The topological polar surface area (TPSA) is 34.1 Å². The van der Waals surface area contributed by atoms with E-state index in [0.29, 0.717) is 0 Å². The molecule has 0 unspecified atom stereocenters. The molecule has 0 aromatic heterocycles. The van der Waals surface area contributed by atoms with Crippen molar-refractivity contribution in [2.24, 2.45) is 0 Å². The highest BCUT2D eigenvalue weighted by molar-refractivity contribution is 6.13. The third-order valence-electron chi connectivity index (χ3n) is 3.71. The predicted molar refractivity (Wildman–Crippen MR) is 81.5 cm³/mol. The molecular weight excluding hydrogens is 305 g/mol. The van der Waals surface area contributed by atoms with Crippen molar-refractivity contribution in [3.8, 4) is 0 Å². The summed E-state index contributed by atoms with van der Waals surface area (Å²) in [6.07, 6.45) is -6.15. The second-order valence-corrected chi connectivity index (χ2v) is 5.24. The van der Waals surface area contributed by atoms with Gasteiger partial charge in [-0.15, -0.1) is 0 Å². The minimum absolute atomic E-state index is 0.103. The van der Waals surface area contributed by atoms with Crippen LogP contribution in [0, 0.1) is 0 Å². The molecule has 3 rings (SSSR count). The summed E-state index contributed by atoms with van der Waals surface area (Å²) in [6.45, 7) is 0. The maximum Gasteiger partial charge on any atom is 0.450 e. The zero-order valence-corrected chi connectivity index (χ0v) is 11.9. The van der Waals surface area contributed by atoms with E-state index in [9.17, 15) is 22.8 Å². The fourth-order valence-electron chi connectivity index (χ4n) is 2.52. The van der Waals surface area contributed by atoms with Crippen molar-refractivity contribution in [2.75, 3.05) is 0 Å². The molecular formula is C18H11F3O2. The Kier molecular flexibility index (Phi) is 3.64. The van der Waals surface area contributed by atoms with Crippen LogP contribution in [0.15, 0.2) is 54.6 Å². The van der Waals surface area contributed by atoms with Crippen LogP contribution in [0.2, 0.25) is 0 Å². The van der Waals surface area contributed by atoms with Gasteiger partial charge in [0.1, 0.15) is 0 Å². The Morgan fingerprint density at radius 2 is 1.43 bits per heavy atom. The van der Waals surface area contributed by atoms with Crippen LogP contribution in [-0.4, -0.2) is 17.7 Å². The van der Waals surface area contributed by atoms with Crippen LogP contribution in [0.25, 0.3) is 21.5 Å². The summed E-state index contributed by atoms with van der Waals surface area (Å²) in [4.78, 5) is 22.9. The molecule has 116 valence electrons. The van der Waals surface area contributed by atoms with Gasteiger partial charge in [0.2, 0.25) is 5.78 Å². The number of hydrogen-bond acceptors (Lipinski definition) is 2. The van der Waals surface area contributed by atoms with Crippen LogP contribution in [0.4, 0.5) is 13.2 Å². The Morgan fingerprint density at radius 3 is 2.13 bits per heavy atom. The fourth-order valence-corrected chi connectivity index (χ4v) is 2.52. The first-order chi connectivity index (χ1) is 10.9. The monoisotopic (exact) mass is 316 g/mol. The largest absolute Gasteiger partial charge is 0.450 e. The highest BCUT2D eigenvalue weighted by Gasteiger charge is 2.39. The van der Waals surface area contributed by atoms with Gasteiger partial charge in [0.05, 0.1) is 6.42 Å². The van der Waals surface area contributed by atoms with Crippen LogP contribution in [0.3, 0.4) is 0 Å². The normalized spacial score (nSPS) is 11.8. The van der Waals surface area contributed by atoms with Crippen molar-refractivity contribution < 1.29 is 22.8 Å². The minimum atomic E-state index is -4.99. The van der Waals surface area contributed by atoms with E-state index in [4.69, 9.17) is 0 Å². The Hall–Kier alpha value is -2.69. The molecule has 23 heavy (non-hydrogen) atoms. The number of carbonyl (C=O) groups excluding carboxylic acids is 2. The number of benzene rings is 3. The second-order valence-electron chi connectivity index (χ2n) is 5.24. The van der Waals surface area contributed by atoms with Crippen molar-refractivity contribution in [1.82, 2.24) is 0 Å². The first-order valence-corrected chi connectivity index (χ1v) is 6.91. The van der Waals surface area contributed by atoms with Crippen molar-refractivity contribution in [1.29, 1.82) is 0 Å². The summed E-state index contributed by atoms with van der Waals surface area (Å²) in [5.41, 5.74) is 0.103. The van der Waals surface area contributed by atoms with Crippen LogP contribution < -0.4 is 0 Å². The smallest absolute Gasteiger partial charge is 0.294 e. The molecule has 5 heteroatoms. The molecule has 0 heterocycles. The molecule has 0 saturated carbocycles. The predicted octanol–water partition coefficient (Wildman–Crippen LogP) is 4.70. The summed E-state index contributed by atoms with van der Waals surface area (Å²) in [5.74, 6) is -2.86. The maximum absolute atomic E-state index is 12.3. The molecule has 0 aliphatic carbocycles. The van der Waals surface area contributed by atoms with Gasteiger partial charge in [-0.3, -0.25) is 9.59 Å². The Labute approximate surface area is 129 Å². The highest BCUT2D eigenvalue weighted by Crippen LogP contribution is 2.27. The molecule has 0 bridgehead atoms. The van der Waals surface area contributed by atoms with Gasteiger partial charge in [0.25, 0.3) is 0 Å². The van der Waals surface area contributed by atoms with E-state index in [2.05, 4.69) is 0 Å². The van der Waals surface area contributed by atoms with Crippen molar-refractivity contribution in [2.45, 2.75) is 12.6 Å². The van der Waals surface area contributed by atoms with Gasteiger partial charge in [-0.05, 0) is 27.6 Å². The van der Waals surface area contributed by atoms with Crippen LogP contribution in [-0.2, 0) is 4.79 Å². The van der Waals surface area contributed by atoms with E-state index in [1.54, 1.807) is 12.1 Å². The average Bonchev–Trinajstić information content (AvgIpc) is 2.53. The molecule has 0 N–H and O–H groups in total. The SMILES string of the molecule is O=C(CC(=O)C(F)(F)F)c1ccc2ccc3ccccc3c2c1. The lowest BCUT2D eigenvalue weighted by molar-refractivity contribution is -0.170. The third kappa shape index (κ3) is 2.95. The number of hydrogen-bond donors (Lipinski definition) is 0. The molecule has 0 aliphatic heterocycles. The summed E-state index contributed by atoms with van der Waals surface area (Å²) in [6, 6.07) is 16.0. The van der Waals surface area contributed by atoms with E-state index in [-0.39, 0.29) is 5.56 Å². The highest BCUT2D eigenvalue weighted by atomic mass is 19.4. The van der Waals surface area contributed by atoms with Gasteiger partial charge in [0.15, 0.2) is 5.78 Å². The first kappa shape index (κ1) is 15.2. The Morgan fingerprint density at radius 1 is 0.826 bits per heavy atom. The number of ketones is 2. The van der Waals surface area contributed by atoms with Crippen LogP contribution >= 0.6 is 0 Å². The first-order valence-electron chi connectivity index (χ1n) is 6.91. The molecule has 3 aromatic rings. The Bertz CT molecular complexity index is 926. The average molecular weight is 316 g/mol. The van der Waals surface area contributed by atoms with E-state index >= 15 is 0 Å². The van der Waals surface area contributed by atoms with Gasteiger partial charge in [-0.1, -0.05) is 48.5 Å². The van der Waals surface area contributed by atoms with Gasteiger partial charge in [0, 0.05) is 5.56 Å². The van der Waals surface area contributed by atoms with E-state index in [1.807, 2.05) is 36.4 Å². The molecule has 3 aromatic carbocycles. The van der Waals surface area contributed by atoms with Crippen LogP contribution in [0.5, 0.6) is 0 Å². The van der Waals surface area contributed by atoms with Crippen molar-refractivity contribution >= 4 is 33.1 Å². The molecule has 0 atom stereocenters. The quantitative estimate of drug-likeness (QED) is 0.399. The number of halogens is 3. The summed E-state index contributed by atoms with van der Waals surface area (Å²) < 4.78 is 36.9. The van der Waals surface area contributed by atoms with Crippen molar-refractivity contribution in [3.63, 3.8) is 0 Å². The number of carbonyl (C=O) groups is 2. The Balaban J connectivity index is 2.04. The lowest BCUT2D eigenvalue weighted by Gasteiger charge is -2.07. The van der Waals surface area contributed by atoms with Gasteiger partial charge in [-0.25, -0.2) is 0 Å². The standard InChI is InChI=1S/C18H11F3O2/c19-18(20,21)17(23)10-16(22)13-8-7-12-6-5-11-3-1-2-4-14(11)15(12)9-13/h1-9H,10H2. The molecule has 2 nitrogen and oxygen atoms in total. The lowest BCUT2D eigenvalue weighted by Crippen LogP contribution is -2.25. The molecule has 0 spiro atoms. The maximum atomic E-state index is 12.3. The number of Topliss-reactive ketones (excluding diaryl/α,β-unsaturated/α-hetero) is 2. The zero-order valence-electron chi connectivity index (χ0n) is 11.9. The molecule has 0 amide bonds. The molecule has 0 radical (unpaired) electrons. The van der Waals surface area contributed by atoms with E-state index < -0.39 is 24.2 Å². The van der Waals surface area contributed by atoms with Crippen LogP contribution in [0.1, 0.15) is 16.8 Å². The van der Waals surface area contributed by atoms with Gasteiger partial charge >= 0.3 is 6.18 Å². The third-order valence-corrected chi connectivity index (χ3v) is 3.71. The second kappa shape index (κ2) is 5.50. The zero-order chi connectivity index (χ0) is 16.6. The van der Waals surface area contributed by atoms with Gasteiger partial charge < -0.3 is 0 Å². The molecule has 0 saturated heterocycles. The fraction of sp³-hybridized carbons (Fsp3) is 0.111. The van der Waals surface area contributed by atoms with Gasteiger partial charge in [-0.2, -0.15) is 13.2 Å². The summed E-state index contributed by atoms with van der Waals surface area (Å²) >= 11 is 0. The molecule has 0 aliphatic rings. The van der Waals surface area contributed by atoms with E-state index in [1.165, 1.54) is 6.07 Å². The summed E-state index contributed by atoms with van der Waals surface area (Å²) in [5, 5.41) is 3.52. The summed E-state index contributed by atoms with van der Waals surface area (Å²) in [7, 11) is 0. The minimum Gasteiger partial charge on any atom is -0.294 e.